The summed E-state index contributed by atoms with van der Waals surface area (Å²) >= 11 is 6.08. The fourth-order valence-electron chi connectivity index (χ4n) is 2.54. The number of halogens is 1. The van der Waals surface area contributed by atoms with Gasteiger partial charge in [0.25, 0.3) is 0 Å². The lowest BCUT2D eigenvalue weighted by Gasteiger charge is -2.07. The largest absolute Gasteiger partial charge is 0.392 e. The lowest BCUT2D eigenvalue weighted by Crippen LogP contribution is -1.98. The van der Waals surface area contributed by atoms with Crippen LogP contribution in [0.25, 0.3) is 10.9 Å². The van der Waals surface area contributed by atoms with Crippen molar-refractivity contribution in [2.24, 2.45) is 0 Å². The Kier molecular flexibility index (Phi) is 3.97. The van der Waals surface area contributed by atoms with Crippen LogP contribution in [0.4, 0.5) is 0 Å². The van der Waals surface area contributed by atoms with Gasteiger partial charge in [0.05, 0.1) is 18.7 Å². The summed E-state index contributed by atoms with van der Waals surface area (Å²) in [7, 11) is 0. The Labute approximate surface area is 128 Å². The Morgan fingerprint density at radius 1 is 0.905 bits per heavy atom. The van der Waals surface area contributed by atoms with E-state index < -0.39 is 0 Å². The Morgan fingerprint density at radius 3 is 2.29 bits per heavy atom. The fourth-order valence-corrected chi connectivity index (χ4v) is 2.71. The number of aromatic nitrogens is 1. The van der Waals surface area contributed by atoms with Gasteiger partial charge in [-0.15, -0.1) is 0 Å². The van der Waals surface area contributed by atoms with Crippen LogP contribution >= 0.6 is 11.6 Å². The second kappa shape index (κ2) is 5.90. The van der Waals surface area contributed by atoms with Crippen molar-refractivity contribution >= 4 is 22.5 Å². The van der Waals surface area contributed by atoms with Crippen LogP contribution in [0.2, 0.25) is 5.02 Å². The molecule has 2 N–H and O–H groups in total. The lowest BCUT2D eigenvalue weighted by molar-refractivity contribution is 0.281. The van der Waals surface area contributed by atoms with Gasteiger partial charge in [-0.2, -0.15) is 0 Å². The van der Waals surface area contributed by atoms with E-state index in [2.05, 4.69) is 4.57 Å². The van der Waals surface area contributed by atoms with E-state index in [1.54, 1.807) is 0 Å². The van der Waals surface area contributed by atoms with Crippen LogP contribution in [-0.4, -0.2) is 14.8 Å². The summed E-state index contributed by atoms with van der Waals surface area (Å²) in [5.74, 6) is 0. The molecule has 108 valence electrons. The van der Waals surface area contributed by atoms with Gasteiger partial charge in [0, 0.05) is 28.7 Å². The maximum absolute atomic E-state index is 9.48. The first-order chi connectivity index (χ1) is 10.2. The van der Waals surface area contributed by atoms with Crippen LogP contribution in [0.3, 0.4) is 0 Å². The number of benzene rings is 2. The number of hydrogen-bond donors (Lipinski definition) is 2. The molecule has 0 atom stereocenters. The molecule has 0 amide bonds. The van der Waals surface area contributed by atoms with Gasteiger partial charge in [-0.1, -0.05) is 41.9 Å². The zero-order valence-electron chi connectivity index (χ0n) is 11.5. The zero-order chi connectivity index (χ0) is 14.8. The predicted octanol–water partition coefficient (Wildman–Crippen LogP) is 3.33. The molecule has 0 aliphatic heterocycles. The van der Waals surface area contributed by atoms with E-state index in [4.69, 9.17) is 16.7 Å². The third-order valence-corrected chi connectivity index (χ3v) is 3.89. The zero-order valence-corrected chi connectivity index (χ0v) is 12.2. The van der Waals surface area contributed by atoms with Crippen LogP contribution in [-0.2, 0) is 19.8 Å². The van der Waals surface area contributed by atoms with Gasteiger partial charge >= 0.3 is 0 Å². The van der Waals surface area contributed by atoms with Gasteiger partial charge < -0.3 is 14.8 Å². The highest BCUT2D eigenvalue weighted by atomic mass is 35.5. The molecule has 0 spiro atoms. The first kappa shape index (κ1) is 14.1. The summed E-state index contributed by atoms with van der Waals surface area (Å²) in [5, 5.41) is 20.3. The summed E-state index contributed by atoms with van der Waals surface area (Å²) in [6.07, 6.45) is 1.96. The lowest BCUT2D eigenvalue weighted by atomic mass is 10.1. The van der Waals surface area contributed by atoms with Crippen molar-refractivity contribution in [3.63, 3.8) is 0 Å². The van der Waals surface area contributed by atoms with Crippen LogP contribution < -0.4 is 0 Å². The van der Waals surface area contributed by atoms with Crippen LogP contribution in [0.1, 0.15) is 16.7 Å². The second-order valence-corrected chi connectivity index (χ2v) is 5.51. The molecule has 2 aromatic carbocycles. The molecule has 0 aliphatic rings. The van der Waals surface area contributed by atoms with E-state index in [-0.39, 0.29) is 13.2 Å². The summed E-state index contributed by atoms with van der Waals surface area (Å²) < 4.78 is 2.08. The molecule has 3 rings (SSSR count). The Balaban J connectivity index is 2.00. The summed E-state index contributed by atoms with van der Waals surface area (Å²) in [6.45, 7) is 0.758. The van der Waals surface area contributed by atoms with Crippen molar-refractivity contribution in [3.8, 4) is 0 Å². The van der Waals surface area contributed by atoms with Crippen molar-refractivity contribution in [3.05, 3.63) is 70.4 Å². The molecule has 4 heteroatoms. The molecule has 1 aromatic heterocycles. The molecule has 0 saturated carbocycles. The van der Waals surface area contributed by atoms with Gasteiger partial charge in [-0.3, -0.25) is 0 Å². The average molecular weight is 302 g/mol. The standard InChI is InChI=1S/C17H16ClNO2/c18-15-5-6-16-14(11-21)9-19(17(16)7-15)8-12-1-3-13(10-20)4-2-12/h1-7,9,20-21H,8,10-11H2. The van der Waals surface area contributed by atoms with Gasteiger partial charge in [0.15, 0.2) is 0 Å². The quantitative estimate of drug-likeness (QED) is 0.776. The number of nitrogens with zero attached hydrogens (tertiary/aromatic N) is 1. The number of fused-ring (bicyclic) bond motifs is 1. The van der Waals surface area contributed by atoms with E-state index in [9.17, 15) is 5.11 Å². The molecule has 0 fully saturated rings. The number of aliphatic hydroxyl groups is 2. The van der Waals surface area contributed by atoms with Crippen LogP contribution in [0, 0.1) is 0 Å². The van der Waals surface area contributed by atoms with Crippen molar-refractivity contribution in [1.82, 2.24) is 4.57 Å². The molecular weight excluding hydrogens is 286 g/mol. The molecular formula is C17H16ClNO2. The number of hydrogen-bond acceptors (Lipinski definition) is 2. The van der Waals surface area contributed by atoms with E-state index >= 15 is 0 Å². The Morgan fingerprint density at radius 2 is 1.62 bits per heavy atom. The highest BCUT2D eigenvalue weighted by Crippen LogP contribution is 2.25. The molecule has 3 nitrogen and oxygen atoms in total. The third kappa shape index (κ3) is 2.81. The minimum absolute atomic E-state index is 0.00851. The fraction of sp³-hybridized carbons (Fsp3) is 0.176. The van der Waals surface area contributed by atoms with Crippen LogP contribution in [0.15, 0.2) is 48.7 Å². The number of rotatable bonds is 4. The maximum atomic E-state index is 9.48. The first-order valence-corrected chi connectivity index (χ1v) is 7.16. The second-order valence-electron chi connectivity index (χ2n) is 5.08. The topological polar surface area (TPSA) is 45.4 Å². The van der Waals surface area contributed by atoms with Crippen molar-refractivity contribution in [1.29, 1.82) is 0 Å². The molecule has 1 heterocycles. The van der Waals surface area contributed by atoms with E-state index in [1.807, 2.05) is 48.7 Å². The van der Waals surface area contributed by atoms with E-state index in [1.165, 1.54) is 0 Å². The summed E-state index contributed by atoms with van der Waals surface area (Å²) in [4.78, 5) is 0. The highest BCUT2D eigenvalue weighted by Gasteiger charge is 2.09. The molecule has 3 aromatic rings. The third-order valence-electron chi connectivity index (χ3n) is 3.66. The highest BCUT2D eigenvalue weighted by molar-refractivity contribution is 6.31. The molecule has 0 unspecified atom stereocenters. The maximum Gasteiger partial charge on any atom is 0.0702 e. The molecule has 0 bridgehead atoms. The van der Waals surface area contributed by atoms with Gasteiger partial charge in [0.1, 0.15) is 0 Å². The van der Waals surface area contributed by atoms with E-state index in [0.29, 0.717) is 11.6 Å². The smallest absolute Gasteiger partial charge is 0.0702 e. The predicted molar refractivity (Wildman–Crippen MR) is 84.3 cm³/mol. The normalized spacial score (nSPS) is 11.2. The van der Waals surface area contributed by atoms with Gasteiger partial charge in [-0.05, 0) is 23.3 Å². The monoisotopic (exact) mass is 301 g/mol. The van der Waals surface area contributed by atoms with Gasteiger partial charge in [0.2, 0.25) is 0 Å². The van der Waals surface area contributed by atoms with Crippen molar-refractivity contribution < 1.29 is 10.2 Å². The van der Waals surface area contributed by atoms with E-state index in [0.717, 1.165) is 27.6 Å². The first-order valence-electron chi connectivity index (χ1n) is 6.78. The Hall–Kier alpha value is -1.81. The van der Waals surface area contributed by atoms with Crippen LogP contribution in [0.5, 0.6) is 0 Å². The average Bonchev–Trinajstić information content (AvgIpc) is 2.85. The summed E-state index contributed by atoms with van der Waals surface area (Å²) in [5.41, 5.74) is 3.94. The molecule has 0 aliphatic carbocycles. The van der Waals surface area contributed by atoms with Gasteiger partial charge in [-0.25, -0.2) is 0 Å². The molecule has 0 radical (unpaired) electrons. The SMILES string of the molecule is OCc1ccc(Cn2cc(CO)c3ccc(Cl)cc32)cc1. The minimum Gasteiger partial charge on any atom is -0.392 e. The van der Waals surface area contributed by atoms with Crippen molar-refractivity contribution in [2.75, 3.05) is 0 Å². The Bertz CT molecular complexity index is 762. The minimum atomic E-state index is 0.00851. The number of aliphatic hydroxyl groups excluding tert-OH is 2. The van der Waals surface area contributed by atoms with Crippen molar-refractivity contribution in [2.45, 2.75) is 19.8 Å². The molecule has 0 saturated heterocycles. The summed E-state index contributed by atoms with van der Waals surface area (Å²) in [6, 6.07) is 13.5. The molecule has 21 heavy (non-hydrogen) atoms.